The Morgan fingerprint density at radius 2 is 1.80 bits per heavy atom. The molecule has 5 nitrogen and oxygen atoms in total. The predicted molar refractivity (Wildman–Crippen MR) is 122 cm³/mol. The van der Waals surface area contributed by atoms with Crippen molar-refractivity contribution in [3.63, 3.8) is 0 Å². The molecule has 0 spiro atoms. The number of rotatable bonds is 6. The fourth-order valence-corrected chi connectivity index (χ4v) is 4.68. The van der Waals surface area contributed by atoms with Gasteiger partial charge >= 0.3 is 0 Å². The number of piperazine rings is 1. The van der Waals surface area contributed by atoms with Crippen LogP contribution in [0.5, 0.6) is 0 Å². The summed E-state index contributed by atoms with van der Waals surface area (Å²) in [7, 11) is 2.17. The number of nitrogens with zero attached hydrogens (tertiary/aromatic N) is 3. The summed E-state index contributed by atoms with van der Waals surface area (Å²) in [5, 5.41) is 9.68. The number of aliphatic hydroxyl groups is 1. The maximum Gasteiger partial charge on any atom is 0.230 e. The van der Waals surface area contributed by atoms with Crippen LogP contribution in [0.25, 0.3) is 0 Å². The second-order valence-corrected chi connectivity index (χ2v) is 8.82. The van der Waals surface area contributed by atoms with Gasteiger partial charge in [-0.2, -0.15) is 0 Å². The van der Waals surface area contributed by atoms with Crippen molar-refractivity contribution in [3.05, 3.63) is 59.7 Å². The van der Waals surface area contributed by atoms with E-state index in [1.165, 1.54) is 11.3 Å². The van der Waals surface area contributed by atoms with Crippen LogP contribution in [0.15, 0.2) is 48.5 Å². The Hall–Kier alpha value is -2.37. The van der Waals surface area contributed by atoms with Crippen LogP contribution in [0.4, 0.5) is 11.4 Å². The van der Waals surface area contributed by atoms with Crippen molar-refractivity contribution in [2.24, 2.45) is 5.92 Å². The summed E-state index contributed by atoms with van der Waals surface area (Å²) in [4.78, 5) is 20.0. The first kappa shape index (κ1) is 20.9. The summed E-state index contributed by atoms with van der Waals surface area (Å²) in [6, 6.07) is 16.6. The molecule has 160 valence electrons. The quantitative estimate of drug-likeness (QED) is 0.800. The third-order valence-corrected chi connectivity index (χ3v) is 6.37. The van der Waals surface area contributed by atoms with Crippen LogP contribution in [0, 0.1) is 5.92 Å². The molecule has 2 saturated heterocycles. The standard InChI is InChI=1S/C25H33N3O2/c1-19(29)16-20-6-5-8-23(17-20)28-11-10-22(25(28)30)18-21-7-3-4-9-24(21)27-14-12-26(2)13-15-27/h3-9,17,19,22,29H,10-16,18H2,1-2H3/t19-,22+/m0/s1. The molecule has 2 fully saturated rings. The molecular weight excluding hydrogens is 374 g/mol. The topological polar surface area (TPSA) is 47.0 Å². The number of carbonyl (C=O) groups excluding carboxylic acids is 1. The van der Waals surface area contributed by atoms with E-state index in [0.29, 0.717) is 6.42 Å². The van der Waals surface area contributed by atoms with Crippen LogP contribution in [0.2, 0.25) is 0 Å². The fourth-order valence-electron chi connectivity index (χ4n) is 4.68. The first-order valence-electron chi connectivity index (χ1n) is 11.1. The van der Waals surface area contributed by atoms with Crippen molar-refractivity contribution in [2.75, 3.05) is 49.6 Å². The van der Waals surface area contributed by atoms with Crippen molar-refractivity contribution in [1.29, 1.82) is 0 Å². The molecule has 2 aliphatic rings. The zero-order valence-electron chi connectivity index (χ0n) is 18.1. The summed E-state index contributed by atoms with van der Waals surface area (Å²) in [5.41, 5.74) is 4.59. The molecular formula is C25H33N3O2. The second-order valence-electron chi connectivity index (χ2n) is 8.82. The molecule has 0 saturated carbocycles. The van der Waals surface area contributed by atoms with Crippen molar-refractivity contribution in [1.82, 2.24) is 4.90 Å². The van der Waals surface area contributed by atoms with E-state index in [9.17, 15) is 9.90 Å². The molecule has 0 aliphatic carbocycles. The predicted octanol–water partition coefficient (Wildman–Crippen LogP) is 2.96. The molecule has 2 heterocycles. The van der Waals surface area contributed by atoms with Gasteiger partial charge < -0.3 is 19.8 Å². The Morgan fingerprint density at radius 3 is 2.57 bits per heavy atom. The van der Waals surface area contributed by atoms with Crippen molar-refractivity contribution in [2.45, 2.75) is 32.3 Å². The Kier molecular flexibility index (Phi) is 6.40. The molecule has 2 atom stereocenters. The fraction of sp³-hybridized carbons (Fsp3) is 0.480. The molecule has 2 aromatic rings. The van der Waals surface area contributed by atoms with Crippen molar-refractivity contribution >= 4 is 17.3 Å². The Labute approximate surface area is 179 Å². The van der Waals surface area contributed by atoms with Gasteiger partial charge in [0.25, 0.3) is 0 Å². The number of likely N-dealkylation sites (N-methyl/N-ethyl adjacent to an activating group) is 1. The SMILES string of the molecule is C[C@H](O)Cc1cccc(N2CC[C@H](Cc3ccccc3N3CCN(C)CC3)C2=O)c1. The average molecular weight is 408 g/mol. The lowest BCUT2D eigenvalue weighted by molar-refractivity contribution is -0.120. The third kappa shape index (κ3) is 4.68. The molecule has 4 rings (SSSR count). The van der Waals surface area contributed by atoms with E-state index < -0.39 is 0 Å². The third-order valence-electron chi connectivity index (χ3n) is 6.37. The molecule has 30 heavy (non-hydrogen) atoms. The van der Waals surface area contributed by atoms with E-state index in [0.717, 1.165) is 56.8 Å². The van der Waals surface area contributed by atoms with Crippen molar-refractivity contribution in [3.8, 4) is 0 Å². The lowest BCUT2D eigenvalue weighted by Gasteiger charge is -2.35. The lowest BCUT2D eigenvalue weighted by Crippen LogP contribution is -2.44. The number of hydrogen-bond donors (Lipinski definition) is 1. The smallest absolute Gasteiger partial charge is 0.230 e. The van der Waals surface area contributed by atoms with E-state index in [-0.39, 0.29) is 17.9 Å². The molecule has 5 heteroatoms. The van der Waals surface area contributed by atoms with Gasteiger partial charge in [-0.1, -0.05) is 30.3 Å². The maximum absolute atomic E-state index is 13.2. The van der Waals surface area contributed by atoms with Crippen LogP contribution >= 0.6 is 0 Å². The number of anilines is 2. The van der Waals surface area contributed by atoms with Crippen LogP contribution < -0.4 is 9.80 Å². The van der Waals surface area contributed by atoms with Gasteiger partial charge in [-0.15, -0.1) is 0 Å². The van der Waals surface area contributed by atoms with Crippen LogP contribution in [-0.2, 0) is 17.6 Å². The number of hydrogen-bond acceptors (Lipinski definition) is 4. The maximum atomic E-state index is 13.2. The van der Waals surface area contributed by atoms with E-state index in [4.69, 9.17) is 0 Å². The minimum Gasteiger partial charge on any atom is -0.393 e. The highest BCUT2D eigenvalue weighted by atomic mass is 16.3. The van der Waals surface area contributed by atoms with Crippen LogP contribution in [0.1, 0.15) is 24.5 Å². The van der Waals surface area contributed by atoms with Gasteiger partial charge in [0.2, 0.25) is 5.91 Å². The molecule has 1 N–H and O–H groups in total. The number of aliphatic hydroxyl groups excluding tert-OH is 1. The number of carbonyl (C=O) groups is 1. The van der Waals surface area contributed by atoms with E-state index in [2.05, 4.69) is 41.1 Å². The monoisotopic (exact) mass is 407 g/mol. The highest BCUT2D eigenvalue weighted by molar-refractivity contribution is 5.97. The minimum absolute atomic E-state index is 0.0269. The molecule has 0 unspecified atom stereocenters. The van der Waals surface area contributed by atoms with Gasteiger partial charge in [-0.3, -0.25) is 4.79 Å². The largest absolute Gasteiger partial charge is 0.393 e. The van der Waals surface area contributed by atoms with E-state index in [1.807, 2.05) is 29.2 Å². The van der Waals surface area contributed by atoms with Gasteiger partial charge in [0.05, 0.1) is 6.10 Å². The summed E-state index contributed by atoms with van der Waals surface area (Å²) in [5.74, 6) is 0.247. The molecule has 0 aromatic heterocycles. The first-order chi connectivity index (χ1) is 14.5. The van der Waals surface area contributed by atoms with E-state index >= 15 is 0 Å². The zero-order valence-corrected chi connectivity index (χ0v) is 18.1. The minimum atomic E-state index is -0.381. The summed E-state index contributed by atoms with van der Waals surface area (Å²) in [6.07, 6.45) is 1.91. The highest BCUT2D eigenvalue weighted by Crippen LogP contribution is 2.31. The average Bonchev–Trinajstić information content (AvgIpc) is 3.09. The number of benzene rings is 2. The molecule has 0 radical (unpaired) electrons. The number of para-hydroxylation sites is 1. The van der Waals surface area contributed by atoms with Crippen LogP contribution in [-0.4, -0.2) is 61.8 Å². The molecule has 2 aliphatic heterocycles. The second kappa shape index (κ2) is 9.19. The van der Waals surface area contributed by atoms with Gasteiger partial charge in [0.1, 0.15) is 0 Å². The van der Waals surface area contributed by atoms with Crippen LogP contribution in [0.3, 0.4) is 0 Å². The van der Waals surface area contributed by atoms with Crippen molar-refractivity contribution < 1.29 is 9.90 Å². The van der Waals surface area contributed by atoms with Gasteiger partial charge in [0, 0.05) is 50.0 Å². The van der Waals surface area contributed by atoms with Gasteiger partial charge in [-0.25, -0.2) is 0 Å². The highest BCUT2D eigenvalue weighted by Gasteiger charge is 2.33. The Bertz CT molecular complexity index is 874. The van der Waals surface area contributed by atoms with Gasteiger partial charge in [-0.05, 0) is 62.6 Å². The summed E-state index contributed by atoms with van der Waals surface area (Å²) >= 11 is 0. The molecule has 2 aromatic carbocycles. The zero-order chi connectivity index (χ0) is 21.1. The first-order valence-corrected chi connectivity index (χ1v) is 11.1. The summed E-state index contributed by atoms with van der Waals surface area (Å²) < 4.78 is 0. The lowest BCUT2D eigenvalue weighted by atomic mass is 9.96. The molecule has 1 amide bonds. The van der Waals surface area contributed by atoms with E-state index in [1.54, 1.807) is 6.92 Å². The summed E-state index contributed by atoms with van der Waals surface area (Å²) in [6.45, 7) is 6.78. The number of amides is 1. The molecule has 0 bridgehead atoms. The Morgan fingerprint density at radius 1 is 1.03 bits per heavy atom. The van der Waals surface area contributed by atoms with Gasteiger partial charge in [0.15, 0.2) is 0 Å². The Balaban J connectivity index is 1.47. The normalized spacial score (nSPS) is 21.3.